The van der Waals surface area contributed by atoms with E-state index >= 15 is 0 Å². The fourth-order valence-corrected chi connectivity index (χ4v) is 2.87. The molecule has 0 aromatic carbocycles. The van der Waals surface area contributed by atoms with Crippen molar-refractivity contribution < 1.29 is 0 Å². The Bertz CT molecular complexity index is 132. The first kappa shape index (κ1) is 11.7. The van der Waals surface area contributed by atoms with Gasteiger partial charge in [0.1, 0.15) is 0 Å². The van der Waals surface area contributed by atoms with Crippen molar-refractivity contribution in [3.63, 3.8) is 0 Å². The minimum Gasteiger partial charge on any atom is -0.313 e. The number of rotatable bonds is 6. The van der Waals surface area contributed by atoms with E-state index < -0.39 is 0 Å². The summed E-state index contributed by atoms with van der Waals surface area (Å²) >= 11 is 7.90. The summed E-state index contributed by atoms with van der Waals surface area (Å²) in [6, 6.07) is 0.704. The third-order valence-corrected chi connectivity index (χ3v) is 4.01. The first-order chi connectivity index (χ1) is 6.38. The minimum absolute atomic E-state index is 0.704. The Morgan fingerprint density at radius 1 is 1.46 bits per heavy atom. The van der Waals surface area contributed by atoms with Gasteiger partial charge in [0.25, 0.3) is 0 Å². The first-order valence-electron chi connectivity index (χ1n) is 5.25. The van der Waals surface area contributed by atoms with Gasteiger partial charge in [-0.25, -0.2) is 0 Å². The van der Waals surface area contributed by atoms with Gasteiger partial charge >= 0.3 is 0 Å². The molecule has 1 rings (SSSR count). The van der Waals surface area contributed by atoms with Gasteiger partial charge in [0.05, 0.1) is 0 Å². The highest BCUT2D eigenvalue weighted by molar-refractivity contribution is 7.99. The van der Waals surface area contributed by atoms with Crippen LogP contribution in [0.1, 0.15) is 26.2 Å². The molecule has 2 atom stereocenters. The third-order valence-electron chi connectivity index (χ3n) is 2.71. The van der Waals surface area contributed by atoms with Crippen molar-refractivity contribution in [2.45, 2.75) is 32.2 Å². The maximum absolute atomic E-state index is 5.90. The number of hydrogen-bond donors (Lipinski definition) is 1. The van der Waals surface area contributed by atoms with Gasteiger partial charge in [0, 0.05) is 24.2 Å². The average molecular weight is 222 g/mol. The lowest BCUT2D eigenvalue weighted by atomic mass is 10.1. The Morgan fingerprint density at radius 2 is 2.31 bits per heavy atom. The summed E-state index contributed by atoms with van der Waals surface area (Å²) in [6.07, 6.45) is 4.01. The van der Waals surface area contributed by atoms with E-state index in [1.165, 1.54) is 30.8 Å². The molecule has 13 heavy (non-hydrogen) atoms. The molecule has 0 heterocycles. The highest BCUT2D eigenvalue weighted by atomic mass is 35.5. The van der Waals surface area contributed by atoms with E-state index in [9.17, 15) is 0 Å². The molecule has 0 radical (unpaired) electrons. The summed E-state index contributed by atoms with van der Waals surface area (Å²) < 4.78 is 0. The summed E-state index contributed by atoms with van der Waals surface area (Å²) in [4.78, 5) is 0. The number of alkyl halides is 1. The molecule has 1 aliphatic rings. The Labute approximate surface area is 91.0 Å². The van der Waals surface area contributed by atoms with Gasteiger partial charge in [-0.2, -0.15) is 11.8 Å². The Hall–Kier alpha value is 0.600. The molecule has 0 spiro atoms. The molecule has 78 valence electrons. The van der Waals surface area contributed by atoms with Crippen LogP contribution in [0.4, 0.5) is 0 Å². The lowest BCUT2D eigenvalue weighted by Gasteiger charge is -2.18. The van der Waals surface area contributed by atoms with Crippen LogP contribution >= 0.6 is 23.4 Å². The molecule has 0 aliphatic heterocycles. The second kappa shape index (κ2) is 6.97. The lowest BCUT2D eigenvalue weighted by Crippen LogP contribution is -2.34. The molecule has 2 unspecified atom stereocenters. The fourth-order valence-electron chi connectivity index (χ4n) is 1.95. The van der Waals surface area contributed by atoms with Crippen LogP contribution in [-0.4, -0.2) is 30.0 Å². The molecule has 1 fully saturated rings. The number of nitrogens with one attached hydrogen (secondary N) is 1. The highest BCUT2D eigenvalue weighted by Gasteiger charge is 2.25. The number of halogens is 1. The van der Waals surface area contributed by atoms with Gasteiger partial charge in [-0.3, -0.25) is 0 Å². The van der Waals surface area contributed by atoms with Crippen LogP contribution < -0.4 is 5.32 Å². The standard InChI is InChI=1S/C10H20ClNS/c1-2-13-7-6-12-10-5-3-4-9(10)8-11/h9-10,12H,2-8H2,1H3. The summed E-state index contributed by atoms with van der Waals surface area (Å²) in [5.74, 6) is 4.03. The molecule has 0 amide bonds. The van der Waals surface area contributed by atoms with Crippen molar-refractivity contribution in [1.29, 1.82) is 0 Å². The van der Waals surface area contributed by atoms with Gasteiger partial charge in [-0.1, -0.05) is 13.3 Å². The Morgan fingerprint density at radius 3 is 3.00 bits per heavy atom. The van der Waals surface area contributed by atoms with Crippen molar-refractivity contribution >= 4 is 23.4 Å². The average Bonchev–Trinajstić information content (AvgIpc) is 2.60. The van der Waals surface area contributed by atoms with Gasteiger partial charge in [0.2, 0.25) is 0 Å². The molecule has 1 N–H and O–H groups in total. The zero-order valence-electron chi connectivity index (χ0n) is 8.39. The van der Waals surface area contributed by atoms with Crippen LogP contribution in [0.5, 0.6) is 0 Å². The molecule has 0 aromatic heterocycles. The molecule has 0 aromatic rings. The maximum Gasteiger partial charge on any atom is 0.0266 e. The second-order valence-electron chi connectivity index (χ2n) is 3.60. The molecule has 3 heteroatoms. The van der Waals surface area contributed by atoms with Crippen LogP contribution in [0.3, 0.4) is 0 Å². The number of thioether (sulfide) groups is 1. The van der Waals surface area contributed by atoms with Crippen LogP contribution in [0.25, 0.3) is 0 Å². The van der Waals surface area contributed by atoms with E-state index in [4.69, 9.17) is 11.6 Å². The largest absolute Gasteiger partial charge is 0.313 e. The van der Waals surface area contributed by atoms with Gasteiger partial charge in [0.15, 0.2) is 0 Å². The van der Waals surface area contributed by atoms with E-state index in [2.05, 4.69) is 12.2 Å². The quantitative estimate of drug-likeness (QED) is 0.547. The van der Waals surface area contributed by atoms with Crippen molar-refractivity contribution in [2.24, 2.45) is 5.92 Å². The maximum atomic E-state index is 5.90. The summed E-state index contributed by atoms with van der Waals surface area (Å²) in [6.45, 7) is 3.36. The van der Waals surface area contributed by atoms with E-state index in [0.29, 0.717) is 6.04 Å². The zero-order chi connectivity index (χ0) is 9.52. The Kier molecular flexibility index (Phi) is 6.26. The van der Waals surface area contributed by atoms with Crippen LogP contribution in [0, 0.1) is 5.92 Å². The highest BCUT2D eigenvalue weighted by Crippen LogP contribution is 2.26. The molecule has 0 saturated heterocycles. The predicted octanol–water partition coefficient (Wildman–Crippen LogP) is 2.74. The SMILES string of the molecule is CCSCCNC1CCCC1CCl. The molecule has 1 saturated carbocycles. The molecular weight excluding hydrogens is 202 g/mol. The molecule has 1 aliphatic carbocycles. The molecule has 0 bridgehead atoms. The van der Waals surface area contributed by atoms with Crippen molar-refractivity contribution in [3.05, 3.63) is 0 Å². The summed E-state index contributed by atoms with van der Waals surface area (Å²) in [5, 5.41) is 3.61. The van der Waals surface area contributed by atoms with Crippen molar-refractivity contribution in [1.82, 2.24) is 5.32 Å². The minimum atomic E-state index is 0.704. The Balaban J connectivity index is 2.06. The third kappa shape index (κ3) is 4.09. The fraction of sp³-hybridized carbons (Fsp3) is 1.00. The smallest absolute Gasteiger partial charge is 0.0266 e. The summed E-state index contributed by atoms with van der Waals surface area (Å²) in [7, 11) is 0. The second-order valence-corrected chi connectivity index (χ2v) is 5.31. The van der Waals surface area contributed by atoms with Crippen molar-refractivity contribution in [2.75, 3.05) is 23.9 Å². The lowest BCUT2D eigenvalue weighted by molar-refractivity contribution is 0.442. The van der Waals surface area contributed by atoms with Crippen LogP contribution in [-0.2, 0) is 0 Å². The van der Waals surface area contributed by atoms with E-state index in [1.807, 2.05) is 11.8 Å². The zero-order valence-corrected chi connectivity index (χ0v) is 9.96. The first-order valence-corrected chi connectivity index (χ1v) is 6.94. The van der Waals surface area contributed by atoms with E-state index in [1.54, 1.807) is 0 Å². The summed E-state index contributed by atoms with van der Waals surface area (Å²) in [5.41, 5.74) is 0. The van der Waals surface area contributed by atoms with Gasteiger partial charge in [-0.05, 0) is 24.5 Å². The van der Waals surface area contributed by atoms with Crippen LogP contribution in [0.2, 0.25) is 0 Å². The predicted molar refractivity (Wildman–Crippen MR) is 62.9 cm³/mol. The van der Waals surface area contributed by atoms with Crippen molar-refractivity contribution in [3.8, 4) is 0 Å². The van der Waals surface area contributed by atoms with E-state index in [0.717, 1.165) is 18.3 Å². The normalized spacial score (nSPS) is 28.2. The number of hydrogen-bond acceptors (Lipinski definition) is 2. The van der Waals surface area contributed by atoms with Crippen LogP contribution in [0.15, 0.2) is 0 Å². The molecule has 1 nitrogen and oxygen atoms in total. The monoisotopic (exact) mass is 221 g/mol. The molecular formula is C10H20ClNS. The van der Waals surface area contributed by atoms with E-state index in [-0.39, 0.29) is 0 Å². The van der Waals surface area contributed by atoms with Gasteiger partial charge in [-0.15, -0.1) is 11.6 Å². The topological polar surface area (TPSA) is 12.0 Å². The van der Waals surface area contributed by atoms with Gasteiger partial charge < -0.3 is 5.32 Å².